The molecule has 0 aliphatic carbocycles. The molecule has 1 aliphatic heterocycles. The highest BCUT2D eigenvalue weighted by Gasteiger charge is 2.23. The van der Waals surface area contributed by atoms with E-state index in [-0.39, 0.29) is 41.1 Å². The predicted molar refractivity (Wildman–Crippen MR) is 149 cm³/mol. The Balaban J connectivity index is 1.14. The highest BCUT2D eigenvalue weighted by molar-refractivity contribution is 5.84. The molecule has 3 heterocycles. The van der Waals surface area contributed by atoms with Gasteiger partial charge >= 0.3 is 0 Å². The molecule has 1 fully saturated rings. The van der Waals surface area contributed by atoms with E-state index in [1.807, 2.05) is 4.90 Å². The summed E-state index contributed by atoms with van der Waals surface area (Å²) in [6.45, 7) is 3.29. The van der Waals surface area contributed by atoms with Crippen LogP contribution in [0, 0.1) is 0 Å². The number of H-pyrrole nitrogens is 2. The van der Waals surface area contributed by atoms with Crippen molar-refractivity contribution in [2.24, 2.45) is 0 Å². The number of methoxy groups -OCH3 is 2. The number of aromatic nitrogens is 4. The highest BCUT2D eigenvalue weighted by atomic mass is 16.5. The number of phenols is 1. The van der Waals surface area contributed by atoms with Crippen LogP contribution in [0.4, 0.5) is 0 Å². The third-order valence-electron chi connectivity index (χ3n) is 7.30. The zero-order valence-electron chi connectivity index (χ0n) is 22.5. The standard InChI is InChI=1S/C28H32N6O6/c1-39-20-8-4-6-18-25(20)31-26(32-28(18)38)21(40-2)11-12-33-13-15-34(16-14-33)23(36)10-9-22-29-24-17(27(37)30-22)5-3-7-19(24)35/h3-8,21,35H,9-16H2,1-2H3,(H,29,30,37)(H,31,32,38). The number of fused-ring (bicyclic) bond motifs is 2. The number of para-hydroxylation sites is 2. The van der Waals surface area contributed by atoms with E-state index >= 15 is 0 Å². The number of piperazine rings is 1. The summed E-state index contributed by atoms with van der Waals surface area (Å²) >= 11 is 0. The number of aryl methyl sites for hydroxylation is 1. The Morgan fingerprint density at radius 2 is 1.68 bits per heavy atom. The van der Waals surface area contributed by atoms with Gasteiger partial charge in [0.15, 0.2) is 0 Å². The maximum absolute atomic E-state index is 12.8. The fourth-order valence-corrected chi connectivity index (χ4v) is 5.05. The van der Waals surface area contributed by atoms with Crippen molar-refractivity contribution in [3.05, 3.63) is 68.8 Å². The van der Waals surface area contributed by atoms with Crippen LogP contribution in [0.2, 0.25) is 0 Å². The van der Waals surface area contributed by atoms with Crippen LogP contribution >= 0.6 is 0 Å². The molecule has 1 unspecified atom stereocenters. The van der Waals surface area contributed by atoms with E-state index in [1.165, 1.54) is 6.07 Å². The van der Waals surface area contributed by atoms with E-state index in [9.17, 15) is 19.5 Å². The Kier molecular flexibility index (Phi) is 8.08. The molecular weight excluding hydrogens is 516 g/mol. The van der Waals surface area contributed by atoms with Crippen LogP contribution in [-0.2, 0) is 16.0 Å². The Labute approximate surface area is 229 Å². The summed E-state index contributed by atoms with van der Waals surface area (Å²) in [7, 11) is 3.13. The van der Waals surface area contributed by atoms with Crippen LogP contribution in [0.1, 0.15) is 30.6 Å². The summed E-state index contributed by atoms with van der Waals surface area (Å²) in [6, 6.07) is 9.89. The molecule has 210 valence electrons. The Morgan fingerprint density at radius 3 is 2.40 bits per heavy atom. The topological polar surface area (TPSA) is 154 Å². The molecule has 12 nitrogen and oxygen atoms in total. The predicted octanol–water partition coefficient (Wildman–Crippen LogP) is 1.73. The van der Waals surface area contributed by atoms with Crippen molar-refractivity contribution in [1.82, 2.24) is 29.7 Å². The van der Waals surface area contributed by atoms with Crippen molar-refractivity contribution in [3.8, 4) is 11.5 Å². The number of amides is 1. The number of aromatic hydroxyl groups is 1. The van der Waals surface area contributed by atoms with Gasteiger partial charge in [0.05, 0.1) is 17.9 Å². The number of ether oxygens (including phenoxy) is 2. The molecule has 0 saturated carbocycles. The fraction of sp³-hybridized carbons (Fsp3) is 0.393. The molecule has 2 aromatic heterocycles. The number of carbonyl (C=O) groups is 1. The van der Waals surface area contributed by atoms with Gasteiger partial charge in [0.1, 0.15) is 40.3 Å². The highest BCUT2D eigenvalue weighted by Crippen LogP contribution is 2.24. The maximum Gasteiger partial charge on any atom is 0.258 e. The van der Waals surface area contributed by atoms with Crippen LogP contribution in [0.3, 0.4) is 0 Å². The quantitative estimate of drug-likeness (QED) is 0.284. The van der Waals surface area contributed by atoms with Crippen LogP contribution in [-0.4, -0.2) is 87.7 Å². The third-order valence-corrected chi connectivity index (χ3v) is 7.30. The van der Waals surface area contributed by atoms with Crippen LogP contribution in [0.25, 0.3) is 21.8 Å². The van der Waals surface area contributed by atoms with Crippen molar-refractivity contribution in [2.75, 3.05) is 46.9 Å². The van der Waals surface area contributed by atoms with Crippen molar-refractivity contribution < 1.29 is 19.4 Å². The molecule has 2 aromatic carbocycles. The number of carbonyl (C=O) groups excluding carboxylic acids is 1. The average Bonchev–Trinajstić information content (AvgIpc) is 2.97. The molecule has 1 aliphatic rings. The third kappa shape index (κ3) is 5.68. The monoisotopic (exact) mass is 548 g/mol. The van der Waals surface area contributed by atoms with E-state index in [1.54, 1.807) is 44.6 Å². The summed E-state index contributed by atoms with van der Waals surface area (Å²) < 4.78 is 11.0. The second-order valence-corrected chi connectivity index (χ2v) is 9.73. The molecule has 0 spiro atoms. The van der Waals surface area contributed by atoms with Crippen LogP contribution in [0.15, 0.2) is 46.0 Å². The number of aromatic amines is 2. The number of rotatable bonds is 9. The SMILES string of the molecule is COc1cccc2c(=O)[nH]c(C(CCN3CCN(C(=O)CCc4nc5c(O)cccc5c(=O)[nH]4)CC3)OC)nc12. The van der Waals surface area contributed by atoms with Crippen LogP contribution in [0.5, 0.6) is 11.5 Å². The van der Waals surface area contributed by atoms with Gasteiger partial charge in [0, 0.05) is 52.7 Å². The smallest absolute Gasteiger partial charge is 0.258 e. The number of nitrogens with one attached hydrogen (secondary N) is 2. The Morgan fingerprint density at radius 1 is 0.975 bits per heavy atom. The second kappa shape index (κ2) is 11.8. The molecular formula is C28H32N6O6. The summed E-state index contributed by atoms with van der Waals surface area (Å²) in [4.78, 5) is 56.4. The number of benzene rings is 2. The van der Waals surface area contributed by atoms with E-state index in [2.05, 4.69) is 24.8 Å². The summed E-state index contributed by atoms with van der Waals surface area (Å²) in [5.74, 6) is 1.27. The molecule has 0 bridgehead atoms. The van der Waals surface area contributed by atoms with Gasteiger partial charge in [-0.25, -0.2) is 9.97 Å². The minimum absolute atomic E-state index is 0.0127. The van der Waals surface area contributed by atoms with Crippen molar-refractivity contribution >= 4 is 27.7 Å². The molecule has 0 radical (unpaired) electrons. The van der Waals surface area contributed by atoms with E-state index in [4.69, 9.17) is 9.47 Å². The molecule has 4 aromatic rings. The van der Waals surface area contributed by atoms with Crippen molar-refractivity contribution in [2.45, 2.75) is 25.4 Å². The summed E-state index contributed by atoms with van der Waals surface area (Å²) in [5.41, 5.74) is 0.151. The van der Waals surface area contributed by atoms with Gasteiger partial charge in [-0.15, -0.1) is 0 Å². The lowest BCUT2D eigenvalue weighted by Crippen LogP contribution is -2.49. The molecule has 1 amide bonds. The number of hydrogen-bond acceptors (Lipinski definition) is 9. The fourth-order valence-electron chi connectivity index (χ4n) is 5.05. The van der Waals surface area contributed by atoms with Gasteiger partial charge in [-0.1, -0.05) is 12.1 Å². The first-order valence-corrected chi connectivity index (χ1v) is 13.2. The van der Waals surface area contributed by atoms with Gasteiger partial charge in [-0.2, -0.15) is 0 Å². The lowest BCUT2D eigenvalue weighted by molar-refractivity contribution is -0.133. The Bertz CT molecular complexity index is 1640. The first-order valence-electron chi connectivity index (χ1n) is 13.2. The minimum atomic E-state index is -0.405. The summed E-state index contributed by atoms with van der Waals surface area (Å²) in [5, 5.41) is 10.8. The molecule has 3 N–H and O–H groups in total. The van der Waals surface area contributed by atoms with E-state index in [0.29, 0.717) is 72.8 Å². The number of hydrogen-bond donors (Lipinski definition) is 3. The zero-order valence-corrected chi connectivity index (χ0v) is 22.5. The van der Waals surface area contributed by atoms with E-state index in [0.717, 1.165) is 0 Å². The summed E-state index contributed by atoms with van der Waals surface area (Å²) in [6.07, 6.45) is 0.688. The lowest BCUT2D eigenvalue weighted by atomic mass is 10.1. The molecule has 1 saturated heterocycles. The maximum atomic E-state index is 12.8. The van der Waals surface area contributed by atoms with Crippen molar-refractivity contribution in [3.63, 3.8) is 0 Å². The second-order valence-electron chi connectivity index (χ2n) is 9.73. The zero-order chi connectivity index (χ0) is 28.2. The normalized spacial score (nSPS) is 15.0. The van der Waals surface area contributed by atoms with Crippen LogP contribution < -0.4 is 15.9 Å². The lowest BCUT2D eigenvalue weighted by Gasteiger charge is -2.35. The van der Waals surface area contributed by atoms with Crippen molar-refractivity contribution in [1.29, 1.82) is 0 Å². The molecule has 5 rings (SSSR count). The molecule has 12 heteroatoms. The number of phenolic OH excluding ortho intramolecular Hbond substituents is 1. The number of nitrogens with zero attached hydrogens (tertiary/aromatic N) is 4. The van der Waals surface area contributed by atoms with E-state index < -0.39 is 6.10 Å². The van der Waals surface area contributed by atoms with Gasteiger partial charge in [-0.05, 0) is 30.7 Å². The first-order chi connectivity index (χ1) is 19.4. The minimum Gasteiger partial charge on any atom is -0.506 e. The van der Waals surface area contributed by atoms with Gasteiger partial charge in [-0.3, -0.25) is 19.3 Å². The Hall–Kier alpha value is -4.29. The first kappa shape index (κ1) is 27.3. The van der Waals surface area contributed by atoms with Gasteiger partial charge < -0.3 is 29.4 Å². The van der Waals surface area contributed by atoms with Gasteiger partial charge in [0.25, 0.3) is 11.1 Å². The van der Waals surface area contributed by atoms with Gasteiger partial charge in [0.2, 0.25) is 5.91 Å². The molecule has 40 heavy (non-hydrogen) atoms. The molecule has 1 atom stereocenters. The largest absolute Gasteiger partial charge is 0.506 e. The average molecular weight is 549 g/mol.